The van der Waals surface area contributed by atoms with E-state index in [1.807, 2.05) is 0 Å². The van der Waals surface area contributed by atoms with Gasteiger partial charge in [-0.05, 0) is 140 Å². The van der Waals surface area contributed by atoms with Crippen LogP contribution in [0.4, 0.5) is 0 Å². The van der Waals surface area contributed by atoms with E-state index in [1.165, 1.54) is 66.8 Å². The van der Waals surface area contributed by atoms with Crippen molar-refractivity contribution in [2.24, 2.45) is 9.98 Å². The van der Waals surface area contributed by atoms with Crippen molar-refractivity contribution < 1.29 is 1.43 Å². The summed E-state index contributed by atoms with van der Waals surface area (Å²) in [6.45, 7) is 0. The van der Waals surface area contributed by atoms with Crippen LogP contribution in [0.3, 0.4) is 0 Å². The van der Waals surface area contributed by atoms with Crippen molar-refractivity contribution in [3.8, 4) is 102 Å². The third kappa shape index (κ3) is 14.1. The zero-order chi connectivity index (χ0) is 69.4. The van der Waals surface area contributed by atoms with Crippen LogP contribution in [0.25, 0.3) is 102 Å². The Morgan fingerprint density at radius 3 is 0.798 bits per heavy atom. The van der Waals surface area contributed by atoms with Crippen LogP contribution >= 0.6 is 0 Å². The van der Waals surface area contributed by atoms with Gasteiger partial charge in [-0.1, -0.05) is 297 Å². The standard InChI is InChI=1S/2C48H40N4.H2/c2*1-5-17-37(18-6-1)43-44(38-19-7-2-8-20-38)50-47(49-43)41-31-33-15-13-16-34-28-30-36(26-14-25-35(41)29-27-33)42(32-34)48-51-45(39-21-9-3-10-22-39)46(52-48)40-23-11-4-12-24-40;/h1-12,17-24,27-32H,13-16,25-26H2,(H,49,50)(H,51,52);1-12,17-24,27-32,47H,13-16,25-26H2,(H,51,52);1H/i;;1+1. The molecule has 0 radical (unpaired) electrons. The zero-order valence-corrected chi connectivity index (χ0v) is 58.3. The van der Waals surface area contributed by atoms with Gasteiger partial charge >= 0.3 is 0 Å². The van der Waals surface area contributed by atoms with Crippen LogP contribution in [0.1, 0.15) is 94.5 Å². The van der Waals surface area contributed by atoms with Gasteiger partial charge in [-0.2, -0.15) is 0 Å². The summed E-state index contributed by atoms with van der Waals surface area (Å²) in [6.07, 6.45) is 11.6. The summed E-state index contributed by atoms with van der Waals surface area (Å²) in [7, 11) is 0. The number of H-pyrrole nitrogens is 3. The number of rotatable bonds is 12. The Kier molecular flexibility index (Phi) is 18.8. The number of nitrogens with one attached hydrogen (secondary N) is 3. The minimum absolute atomic E-state index is 0. The van der Waals surface area contributed by atoms with Gasteiger partial charge in [-0.3, -0.25) is 9.98 Å². The summed E-state index contributed by atoms with van der Waals surface area (Å²) in [5, 5.41) is 0. The molecule has 3 aromatic heterocycles. The summed E-state index contributed by atoms with van der Waals surface area (Å²) in [4.78, 5) is 38.0. The number of aromatic amines is 3. The van der Waals surface area contributed by atoms with Crippen molar-refractivity contribution in [2.75, 3.05) is 0 Å². The summed E-state index contributed by atoms with van der Waals surface area (Å²) in [6, 6.07) is 113. The quantitative estimate of drug-likeness (QED) is 0.113. The number of hydrogen-bond donors (Lipinski definition) is 3. The Bertz CT molecular complexity index is 5130. The molecule has 0 saturated carbocycles. The maximum Gasteiger partial charge on any atom is 0.166 e. The second-order valence-electron chi connectivity index (χ2n) is 27.6. The molecule has 3 N–H and O–H groups in total. The Balaban J connectivity index is 0.000000160. The van der Waals surface area contributed by atoms with Gasteiger partial charge in [0.1, 0.15) is 17.5 Å². The summed E-state index contributed by atoms with van der Waals surface area (Å²) in [5.74, 6) is 2.80. The van der Waals surface area contributed by atoms with Gasteiger partial charge in [0.05, 0.1) is 45.6 Å². The van der Waals surface area contributed by atoms with Crippen LogP contribution < -0.4 is 0 Å². The van der Waals surface area contributed by atoms with Crippen LogP contribution in [-0.4, -0.2) is 41.3 Å². The second kappa shape index (κ2) is 30.0. The number of imidazole rings is 3. The number of benzene rings is 12. The highest BCUT2D eigenvalue weighted by atomic mass is 15.1. The van der Waals surface area contributed by atoms with Crippen LogP contribution in [-0.2, 0) is 51.4 Å². The summed E-state index contributed by atoms with van der Waals surface area (Å²) < 4.78 is 0. The van der Waals surface area contributed by atoms with Crippen LogP contribution in [0.5, 0.6) is 0 Å². The van der Waals surface area contributed by atoms with Crippen molar-refractivity contribution in [1.29, 1.82) is 0 Å². The third-order valence-electron chi connectivity index (χ3n) is 20.7. The molecule has 0 atom stereocenters. The van der Waals surface area contributed by atoms with Crippen molar-refractivity contribution in [1.82, 2.24) is 29.9 Å². The smallest absolute Gasteiger partial charge is 0.166 e. The topological polar surface area (TPSA) is 111 Å². The molecule has 9 aliphatic rings. The Morgan fingerprint density at radius 1 is 0.240 bits per heavy atom. The highest BCUT2D eigenvalue weighted by molar-refractivity contribution is 6.54. The molecular formula is C96H82N8. The van der Waals surface area contributed by atoms with Gasteiger partial charge in [0.25, 0.3) is 0 Å². The predicted molar refractivity (Wildman–Crippen MR) is 430 cm³/mol. The maximum absolute atomic E-state index is 5.35. The van der Waals surface area contributed by atoms with Gasteiger partial charge in [0.15, 0.2) is 6.17 Å². The number of aliphatic imine (C=N–C) groups is 2. The molecular weight excluding hydrogens is 1270 g/mol. The molecule has 0 unspecified atom stereocenters. The number of aromatic nitrogens is 6. The number of nitrogens with zero attached hydrogens (tertiary/aromatic N) is 5. The largest absolute Gasteiger partial charge is 0.337 e. The van der Waals surface area contributed by atoms with Crippen molar-refractivity contribution in [3.63, 3.8) is 0 Å². The lowest BCUT2D eigenvalue weighted by molar-refractivity contribution is 0.745. The fourth-order valence-corrected chi connectivity index (χ4v) is 15.4. The monoisotopic (exact) mass is 1350 g/mol. The normalized spacial score (nSPS) is 13.8. The minimum Gasteiger partial charge on any atom is -0.337 e. The minimum atomic E-state index is -0.266. The van der Waals surface area contributed by atoms with E-state index in [-0.39, 0.29) is 7.59 Å². The molecule has 8 nitrogen and oxygen atoms in total. The predicted octanol–water partition coefficient (Wildman–Crippen LogP) is 23.1. The molecule has 8 bridgehead atoms. The number of aryl methyl sites for hydroxylation is 8. The molecule has 15 aromatic rings. The van der Waals surface area contributed by atoms with Gasteiger partial charge < -0.3 is 15.0 Å². The van der Waals surface area contributed by atoms with E-state index >= 15 is 0 Å². The van der Waals surface area contributed by atoms with E-state index in [9.17, 15) is 0 Å². The Morgan fingerprint density at radius 2 is 0.490 bits per heavy atom. The van der Waals surface area contributed by atoms with E-state index < -0.39 is 0 Å². The van der Waals surface area contributed by atoms with E-state index in [4.69, 9.17) is 24.9 Å². The fourth-order valence-electron chi connectivity index (χ4n) is 15.4. The molecule has 8 heteroatoms. The molecule has 24 rings (SSSR count). The van der Waals surface area contributed by atoms with E-state index in [0.29, 0.717) is 0 Å². The Labute approximate surface area is 610 Å². The maximum atomic E-state index is 5.35. The molecule has 12 aromatic carbocycles. The van der Waals surface area contributed by atoms with Crippen molar-refractivity contribution >= 4 is 11.4 Å². The van der Waals surface area contributed by atoms with Gasteiger partial charge in [0, 0.05) is 68.2 Å². The molecule has 0 spiro atoms. The second-order valence-corrected chi connectivity index (χ2v) is 27.6. The molecule has 4 heterocycles. The van der Waals surface area contributed by atoms with Gasteiger partial charge in [-0.15, -0.1) is 0 Å². The lowest BCUT2D eigenvalue weighted by Crippen LogP contribution is -2.13. The van der Waals surface area contributed by atoms with Crippen molar-refractivity contribution in [2.45, 2.75) is 83.2 Å². The van der Waals surface area contributed by atoms with Gasteiger partial charge in [0.2, 0.25) is 0 Å². The molecule has 0 fully saturated rings. The van der Waals surface area contributed by atoms with Crippen molar-refractivity contribution in [3.05, 3.63) is 377 Å². The third-order valence-corrected chi connectivity index (χ3v) is 20.7. The first kappa shape index (κ1) is 65.0. The van der Waals surface area contributed by atoms with E-state index in [0.717, 1.165) is 185 Å². The first-order valence-electron chi connectivity index (χ1n) is 36.9. The highest BCUT2D eigenvalue weighted by Crippen LogP contribution is 2.41. The van der Waals surface area contributed by atoms with E-state index in [1.54, 1.807) is 0 Å². The average Bonchev–Trinajstić information content (AvgIpc) is 1.67. The Hall–Kier alpha value is -12.4. The summed E-state index contributed by atoms with van der Waals surface area (Å²) >= 11 is 0. The molecule has 104 heavy (non-hydrogen) atoms. The molecule has 0 saturated heterocycles. The first-order valence-corrected chi connectivity index (χ1v) is 36.9. The van der Waals surface area contributed by atoms with Gasteiger partial charge in [-0.25, -0.2) is 15.0 Å². The zero-order valence-electron chi connectivity index (χ0n) is 58.3. The molecule has 8 aliphatic carbocycles. The van der Waals surface area contributed by atoms with Crippen LogP contribution in [0.2, 0.25) is 0 Å². The average molecular weight is 1350 g/mol. The summed E-state index contributed by atoms with van der Waals surface area (Å²) in [5.41, 5.74) is 32.5. The molecule has 0 amide bonds. The number of hydrogen-bond acceptors (Lipinski definition) is 5. The molecule has 1 aliphatic heterocycles. The fraction of sp³-hybridized carbons (Fsp3) is 0.135. The van der Waals surface area contributed by atoms with E-state index in [2.05, 4.69) is 330 Å². The lowest BCUT2D eigenvalue weighted by atomic mass is 9.91. The van der Waals surface area contributed by atoms with Crippen LogP contribution in [0.15, 0.2) is 325 Å². The lowest BCUT2D eigenvalue weighted by Gasteiger charge is -2.16. The molecule has 506 valence electrons. The van der Waals surface area contributed by atoms with Crippen LogP contribution in [0, 0.1) is 0 Å². The first-order chi connectivity index (χ1) is 51.5. The highest BCUT2D eigenvalue weighted by Gasteiger charge is 2.28. The SMILES string of the molecule is [2HH].c1ccc(-c2nc(-c3cc4ccc3CCCc3ccc(cc3-c3nc(-c5ccccc5)c(-c5ccccc5)[nH]3)CCC4)[nH]c2-c2ccccc2)cc1.c1ccc(C2=NC(c3cc4ccc3CCCc3ccc(cc3-c3nc(-c5ccccc5)c(-c5ccccc5)[nH]3)CCC4)N=C2c2ccccc2)cc1.